The Bertz CT molecular complexity index is 469. The summed E-state index contributed by atoms with van der Waals surface area (Å²) in [5.41, 5.74) is 4.07. The van der Waals surface area contributed by atoms with Crippen molar-refractivity contribution in [1.82, 2.24) is 9.88 Å². The smallest absolute Gasteiger partial charge is 0.0485 e. The largest absolute Gasteiger partial charge is 0.345 e. The van der Waals surface area contributed by atoms with Gasteiger partial charge in [-0.05, 0) is 38.6 Å². The number of benzene rings is 1. The molecule has 1 N–H and O–H groups in total. The van der Waals surface area contributed by atoms with E-state index in [2.05, 4.69) is 48.0 Å². The summed E-state index contributed by atoms with van der Waals surface area (Å²) in [5, 5.41) is 4.59. The summed E-state index contributed by atoms with van der Waals surface area (Å²) in [4.78, 5) is 0. The van der Waals surface area contributed by atoms with Crippen molar-refractivity contribution in [2.45, 2.75) is 26.9 Å². The molecule has 0 amide bonds. The lowest BCUT2D eigenvalue weighted by Crippen LogP contribution is -2.05. The van der Waals surface area contributed by atoms with Gasteiger partial charge in [-0.1, -0.05) is 12.1 Å². The maximum Gasteiger partial charge on any atom is 0.0485 e. The molecule has 0 atom stereocenters. The molecule has 80 valence electrons. The molecule has 0 aliphatic carbocycles. The average Bonchev–Trinajstić information content (AvgIpc) is 2.55. The Labute approximate surface area is 90.9 Å². The van der Waals surface area contributed by atoms with Crippen LogP contribution in [0.1, 0.15) is 18.2 Å². The Morgan fingerprint density at radius 1 is 1.33 bits per heavy atom. The van der Waals surface area contributed by atoms with Gasteiger partial charge in [0, 0.05) is 29.7 Å². The highest BCUT2D eigenvalue weighted by Gasteiger charge is 2.06. The van der Waals surface area contributed by atoms with Crippen molar-refractivity contribution in [3.8, 4) is 0 Å². The topological polar surface area (TPSA) is 17.0 Å². The molecule has 1 aromatic carbocycles. The zero-order chi connectivity index (χ0) is 10.8. The van der Waals surface area contributed by atoms with Crippen molar-refractivity contribution in [3.05, 3.63) is 35.5 Å². The molecular formula is C13H18N2. The molecule has 15 heavy (non-hydrogen) atoms. The molecule has 2 rings (SSSR count). The predicted octanol–water partition coefficient (Wildman–Crippen LogP) is 2.69. The van der Waals surface area contributed by atoms with Gasteiger partial charge < -0.3 is 9.88 Å². The highest BCUT2D eigenvalue weighted by atomic mass is 15.0. The summed E-state index contributed by atoms with van der Waals surface area (Å²) in [6, 6.07) is 8.81. The van der Waals surface area contributed by atoms with E-state index in [1.54, 1.807) is 0 Å². The molecule has 0 aliphatic heterocycles. The SMILES string of the molecule is CCn1c(C)cc2c(CNC)cccc21. The first kappa shape index (κ1) is 10.2. The fraction of sp³-hybridized carbons (Fsp3) is 0.385. The Hall–Kier alpha value is -1.28. The number of nitrogens with one attached hydrogen (secondary N) is 1. The third-order valence-corrected chi connectivity index (χ3v) is 2.93. The van der Waals surface area contributed by atoms with Gasteiger partial charge in [0.2, 0.25) is 0 Å². The minimum absolute atomic E-state index is 0.935. The standard InChI is InChI=1S/C13H18N2/c1-4-15-10(2)8-12-11(9-14-3)6-5-7-13(12)15/h5-8,14H,4,9H2,1-3H3. The number of aryl methyl sites for hydroxylation is 2. The van der Waals surface area contributed by atoms with Gasteiger partial charge >= 0.3 is 0 Å². The number of hydrogen-bond donors (Lipinski definition) is 1. The van der Waals surface area contributed by atoms with Gasteiger partial charge in [-0.3, -0.25) is 0 Å². The van der Waals surface area contributed by atoms with E-state index in [0.29, 0.717) is 0 Å². The summed E-state index contributed by atoms with van der Waals surface area (Å²) in [7, 11) is 1.99. The van der Waals surface area contributed by atoms with Gasteiger partial charge in [0.05, 0.1) is 0 Å². The Balaban J connectivity index is 2.66. The van der Waals surface area contributed by atoms with Crippen molar-refractivity contribution in [1.29, 1.82) is 0 Å². The van der Waals surface area contributed by atoms with Gasteiger partial charge in [-0.15, -0.1) is 0 Å². The number of nitrogens with zero attached hydrogens (tertiary/aromatic N) is 1. The Kier molecular flexibility index (Phi) is 2.78. The maximum atomic E-state index is 3.21. The molecular weight excluding hydrogens is 184 g/mol. The van der Waals surface area contributed by atoms with Gasteiger partial charge in [-0.2, -0.15) is 0 Å². The number of rotatable bonds is 3. The highest BCUT2D eigenvalue weighted by molar-refractivity contribution is 5.84. The fourth-order valence-electron chi connectivity index (χ4n) is 2.24. The van der Waals surface area contributed by atoms with Crippen LogP contribution in [0, 0.1) is 6.92 Å². The first-order valence-corrected chi connectivity index (χ1v) is 5.50. The van der Waals surface area contributed by atoms with Gasteiger partial charge in [0.25, 0.3) is 0 Å². The van der Waals surface area contributed by atoms with Crippen LogP contribution in [0.4, 0.5) is 0 Å². The van der Waals surface area contributed by atoms with Crippen molar-refractivity contribution < 1.29 is 0 Å². The second-order valence-electron chi connectivity index (χ2n) is 3.91. The van der Waals surface area contributed by atoms with E-state index in [0.717, 1.165) is 13.1 Å². The quantitative estimate of drug-likeness (QED) is 0.809. The number of hydrogen-bond acceptors (Lipinski definition) is 1. The molecule has 2 nitrogen and oxygen atoms in total. The van der Waals surface area contributed by atoms with Crippen LogP contribution in [0.15, 0.2) is 24.3 Å². The maximum absolute atomic E-state index is 3.21. The highest BCUT2D eigenvalue weighted by Crippen LogP contribution is 2.23. The molecule has 0 saturated carbocycles. The third kappa shape index (κ3) is 1.65. The van der Waals surface area contributed by atoms with E-state index in [1.807, 2.05) is 7.05 Å². The fourth-order valence-corrected chi connectivity index (χ4v) is 2.24. The summed E-state index contributed by atoms with van der Waals surface area (Å²) >= 11 is 0. The lowest BCUT2D eigenvalue weighted by Gasteiger charge is -2.05. The predicted molar refractivity (Wildman–Crippen MR) is 65.1 cm³/mol. The van der Waals surface area contributed by atoms with Crippen LogP contribution in [-0.2, 0) is 13.1 Å². The lowest BCUT2D eigenvalue weighted by atomic mass is 10.1. The Morgan fingerprint density at radius 3 is 2.80 bits per heavy atom. The molecule has 0 fully saturated rings. The second kappa shape index (κ2) is 4.07. The van der Waals surface area contributed by atoms with E-state index in [9.17, 15) is 0 Å². The first-order valence-electron chi connectivity index (χ1n) is 5.50. The molecule has 2 aromatic rings. The molecule has 0 saturated heterocycles. The molecule has 0 bridgehead atoms. The first-order chi connectivity index (χ1) is 7.27. The zero-order valence-corrected chi connectivity index (χ0v) is 9.67. The van der Waals surface area contributed by atoms with Crippen LogP contribution in [0.5, 0.6) is 0 Å². The third-order valence-electron chi connectivity index (χ3n) is 2.93. The van der Waals surface area contributed by atoms with Gasteiger partial charge in [0.15, 0.2) is 0 Å². The van der Waals surface area contributed by atoms with Crippen LogP contribution in [-0.4, -0.2) is 11.6 Å². The lowest BCUT2D eigenvalue weighted by molar-refractivity contribution is 0.769. The van der Waals surface area contributed by atoms with E-state index in [1.165, 1.54) is 22.2 Å². The monoisotopic (exact) mass is 202 g/mol. The molecule has 0 spiro atoms. The normalized spacial score (nSPS) is 11.1. The van der Waals surface area contributed by atoms with Crippen molar-refractivity contribution in [2.75, 3.05) is 7.05 Å². The zero-order valence-electron chi connectivity index (χ0n) is 9.67. The summed E-state index contributed by atoms with van der Waals surface area (Å²) in [5.74, 6) is 0. The second-order valence-corrected chi connectivity index (χ2v) is 3.91. The molecule has 1 heterocycles. The van der Waals surface area contributed by atoms with Crippen LogP contribution in [0.25, 0.3) is 10.9 Å². The molecule has 0 aliphatic rings. The van der Waals surface area contributed by atoms with Crippen molar-refractivity contribution >= 4 is 10.9 Å². The van der Waals surface area contributed by atoms with Gasteiger partial charge in [-0.25, -0.2) is 0 Å². The molecule has 0 radical (unpaired) electrons. The summed E-state index contributed by atoms with van der Waals surface area (Å²) < 4.78 is 2.36. The summed E-state index contributed by atoms with van der Waals surface area (Å²) in [6.45, 7) is 6.34. The van der Waals surface area contributed by atoms with Crippen molar-refractivity contribution in [2.24, 2.45) is 0 Å². The van der Waals surface area contributed by atoms with Gasteiger partial charge in [0.1, 0.15) is 0 Å². The molecule has 1 aromatic heterocycles. The van der Waals surface area contributed by atoms with E-state index in [4.69, 9.17) is 0 Å². The van der Waals surface area contributed by atoms with Crippen molar-refractivity contribution in [3.63, 3.8) is 0 Å². The molecule has 0 unspecified atom stereocenters. The van der Waals surface area contributed by atoms with E-state index < -0.39 is 0 Å². The minimum Gasteiger partial charge on any atom is -0.345 e. The van der Waals surface area contributed by atoms with E-state index in [-0.39, 0.29) is 0 Å². The van der Waals surface area contributed by atoms with E-state index >= 15 is 0 Å². The van der Waals surface area contributed by atoms with Crippen LogP contribution < -0.4 is 5.32 Å². The molecule has 2 heteroatoms. The minimum atomic E-state index is 0.935. The Morgan fingerprint density at radius 2 is 2.13 bits per heavy atom. The number of fused-ring (bicyclic) bond motifs is 1. The van der Waals surface area contributed by atoms with Crippen LogP contribution in [0.2, 0.25) is 0 Å². The average molecular weight is 202 g/mol. The van der Waals surface area contributed by atoms with Crippen LogP contribution in [0.3, 0.4) is 0 Å². The number of aromatic nitrogens is 1. The summed E-state index contributed by atoms with van der Waals surface area (Å²) in [6.07, 6.45) is 0. The van der Waals surface area contributed by atoms with Crippen LogP contribution >= 0.6 is 0 Å².